The van der Waals surface area contributed by atoms with E-state index in [-0.39, 0.29) is 12.4 Å². The monoisotopic (exact) mass is 263 g/mol. The van der Waals surface area contributed by atoms with Crippen LogP contribution in [0, 0.1) is 0 Å². The van der Waals surface area contributed by atoms with Crippen LogP contribution in [0.1, 0.15) is 17.9 Å². The van der Waals surface area contributed by atoms with Crippen LogP contribution >= 0.6 is 19.5 Å². The van der Waals surface area contributed by atoms with E-state index in [9.17, 15) is 4.57 Å². The average Bonchev–Trinajstić information content (AvgIpc) is 2.69. The van der Waals surface area contributed by atoms with E-state index in [0.29, 0.717) is 11.6 Å². The van der Waals surface area contributed by atoms with Crippen LogP contribution in [-0.4, -0.2) is 42.3 Å². The highest BCUT2D eigenvalue weighted by Crippen LogP contribution is 2.47. The molecule has 0 bridgehead atoms. The van der Waals surface area contributed by atoms with Crippen LogP contribution in [0.5, 0.6) is 0 Å². The van der Waals surface area contributed by atoms with Crippen molar-refractivity contribution in [2.75, 3.05) is 26.4 Å². The molecule has 1 aromatic heterocycles. The Hall–Kier alpha value is -0.310. The number of rotatable bonds is 2. The third-order valence-corrected chi connectivity index (χ3v) is 5.35. The van der Waals surface area contributed by atoms with Gasteiger partial charge in [-0.2, -0.15) is 5.10 Å². The van der Waals surface area contributed by atoms with Gasteiger partial charge in [-0.3, -0.25) is 5.10 Å². The highest BCUT2D eigenvalue weighted by molar-refractivity contribution is 7.63. The summed E-state index contributed by atoms with van der Waals surface area (Å²) in [5.41, 5.74) is 1.53. The standard InChI is InChI=1S/C10H18N3OP.ClH/c1-15(2,14)10-3-8(4-11-7-10)9-5-12-13-6-9;/h5-6,8,10-11H,3-4,7H2,1-2H3,(H,12,13);1H. The van der Waals surface area contributed by atoms with Gasteiger partial charge in [-0.25, -0.2) is 0 Å². The second-order valence-corrected chi connectivity index (χ2v) is 8.31. The van der Waals surface area contributed by atoms with E-state index in [1.54, 1.807) is 0 Å². The maximum atomic E-state index is 12.0. The van der Waals surface area contributed by atoms with Gasteiger partial charge < -0.3 is 9.88 Å². The molecular weight excluding hydrogens is 245 g/mol. The van der Waals surface area contributed by atoms with Crippen molar-refractivity contribution in [3.05, 3.63) is 18.0 Å². The fraction of sp³-hybridized carbons (Fsp3) is 0.700. The lowest BCUT2D eigenvalue weighted by Gasteiger charge is -2.31. The zero-order valence-electron chi connectivity index (χ0n) is 9.64. The van der Waals surface area contributed by atoms with Crippen LogP contribution in [0.15, 0.2) is 12.4 Å². The van der Waals surface area contributed by atoms with Gasteiger partial charge in [0.1, 0.15) is 0 Å². The molecule has 2 N–H and O–H groups in total. The molecule has 0 aromatic carbocycles. The van der Waals surface area contributed by atoms with Gasteiger partial charge in [0.25, 0.3) is 0 Å². The quantitative estimate of drug-likeness (QED) is 0.802. The van der Waals surface area contributed by atoms with Crippen LogP contribution < -0.4 is 5.32 Å². The van der Waals surface area contributed by atoms with E-state index in [1.807, 2.05) is 25.7 Å². The molecule has 2 unspecified atom stereocenters. The van der Waals surface area contributed by atoms with Crippen LogP contribution in [0.3, 0.4) is 0 Å². The molecule has 0 spiro atoms. The Kier molecular flexibility index (Phi) is 4.60. The van der Waals surface area contributed by atoms with Crippen molar-refractivity contribution in [3.8, 4) is 0 Å². The third kappa shape index (κ3) is 3.09. The van der Waals surface area contributed by atoms with Crippen molar-refractivity contribution in [2.45, 2.75) is 18.0 Å². The Morgan fingerprint density at radius 2 is 2.19 bits per heavy atom. The zero-order chi connectivity index (χ0) is 10.9. The number of aromatic nitrogens is 2. The van der Waals surface area contributed by atoms with E-state index < -0.39 is 7.14 Å². The van der Waals surface area contributed by atoms with Crippen molar-refractivity contribution in [2.24, 2.45) is 0 Å². The lowest BCUT2D eigenvalue weighted by molar-refractivity contribution is 0.453. The molecule has 1 fully saturated rings. The number of hydrogen-bond acceptors (Lipinski definition) is 3. The maximum absolute atomic E-state index is 12.0. The van der Waals surface area contributed by atoms with E-state index in [1.165, 1.54) is 5.56 Å². The summed E-state index contributed by atoms with van der Waals surface area (Å²) >= 11 is 0. The number of piperidine rings is 1. The lowest BCUT2D eigenvalue weighted by atomic mass is 9.94. The molecule has 1 aliphatic heterocycles. The predicted molar refractivity (Wildman–Crippen MR) is 69.3 cm³/mol. The molecule has 6 heteroatoms. The molecule has 0 saturated carbocycles. The molecule has 2 atom stereocenters. The van der Waals surface area contributed by atoms with Crippen LogP contribution in [0.25, 0.3) is 0 Å². The predicted octanol–water partition coefficient (Wildman–Crippen LogP) is 1.90. The summed E-state index contributed by atoms with van der Waals surface area (Å²) in [6.07, 6.45) is 4.81. The number of nitrogens with one attached hydrogen (secondary N) is 2. The number of aromatic amines is 1. The molecule has 1 aliphatic rings. The van der Waals surface area contributed by atoms with Gasteiger partial charge >= 0.3 is 0 Å². The summed E-state index contributed by atoms with van der Waals surface area (Å²) in [4.78, 5) is 0. The number of nitrogens with zero attached hydrogens (tertiary/aromatic N) is 1. The SMILES string of the molecule is CP(C)(=O)C1CNCC(c2cn[nH]c2)C1.Cl. The number of H-pyrrole nitrogens is 1. The van der Waals surface area contributed by atoms with E-state index >= 15 is 0 Å². The first-order valence-electron chi connectivity index (χ1n) is 5.31. The first kappa shape index (κ1) is 13.8. The summed E-state index contributed by atoms with van der Waals surface area (Å²) in [7, 11) is -1.97. The average molecular weight is 264 g/mol. The highest BCUT2D eigenvalue weighted by atomic mass is 35.5. The fourth-order valence-electron chi connectivity index (χ4n) is 2.13. The number of hydrogen-bond donors (Lipinski definition) is 2. The second-order valence-electron chi connectivity index (χ2n) is 4.71. The maximum Gasteiger partial charge on any atom is 0.0861 e. The molecule has 0 amide bonds. The highest BCUT2D eigenvalue weighted by Gasteiger charge is 2.30. The Morgan fingerprint density at radius 3 is 2.75 bits per heavy atom. The van der Waals surface area contributed by atoms with Gasteiger partial charge in [0.15, 0.2) is 0 Å². The van der Waals surface area contributed by atoms with Gasteiger partial charge in [-0.05, 0) is 25.3 Å². The molecule has 2 heterocycles. The molecule has 1 aromatic rings. The summed E-state index contributed by atoms with van der Waals surface area (Å²) < 4.78 is 12.0. The van der Waals surface area contributed by atoms with Crippen LogP contribution in [0.4, 0.5) is 0 Å². The van der Waals surface area contributed by atoms with Crippen LogP contribution in [-0.2, 0) is 4.57 Å². The smallest absolute Gasteiger partial charge is 0.0861 e. The normalized spacial score (nSPS) is 26.1. The van der Waals surface area contributed by atoms with Crippen LogP contribution in [0.2, 0.25) is 0 Å². The minimum absolute atomic E-state index is 0. The first-order chi connectivity index (χ1) is 7.07. The van der Waals surface area contributed by atoms with E-state index in [2.05, 4.69) is 15.5 Å². The Morgan fingerprint density at radius 1 is 1.44 bits per heavy atom. The second kappa shape index (κ2) is 5.35. The van der Waals surface area contributed by atoms with Gasteiger partial charge in [0, 0.05) is 30.9 Å². The Bertz CT molecular complexity index is 362. The van der Waals surface area contributed by atoms with E-state index in [4.69, 9.17) is 0 Å². The van der Waals surface area contributed by atoms with Crippen molar-refractivity contribution in [3.63, 3.8) is 0 Å². The zero-order valence-corrected chi connectivity index (χ0v) is 11.4. The van der Waals surface area contributed by atoms with Gasteiger partial charge in [0.2, 0.25) is 0 Å². The molecule has 92 valence electrons. The molecule has 4 nitrogen and oxygen atoms in total. The minimum Gasteiger partial charge on any atom is -0.324 e. The summed E-state index contributed by atoms with van der Waals surface area (Å²) in [6, 6.07) is 0. The Balaban J connectivity index is 0.00000128. The molecule has 0 radical (unpaired) electrons. The number of halogens is 1. The molecule has 16 heavy (non-hydrogen) atoms. The fourth-order valence-corrected chi connectivity index (χ4v) is 3.46. The molecular formula is C10H19ClN3OP. The van der Waals surface area contributed by atoms with Gasteiger partial charge in [0.05, 0.1) is 13.3 Å². The molecule has 2 rings (SSSR count). The van der Waals surface area contributed by atoms with Crippen molar-refractivity contribution in [1.82, 2.24) is 15.5 Å². The van der Waals surface area contributed by atoms with Crippen molar-refractivity contribution < 1.29 is 4.57 Å². The summed E-state index contributed by atoms with van der Waals surface area (Å²) in [5, 5.41) is 10.2. The van der Waals surface area contributed by atoms with Crippen molar-refractivity contribution in [1.29, 1.82) is 0 Å². The Labute approximate surface area is 102 Å². The third-order valence-electron chi connectivity index (χ3n) is 3.20. The topological polar surface area (TPSA) is 57.8 Å². The molecule has 0 aliphatic carbocycles. The van der Waals surface area contributed by atoms with E-state index in [0.717, 1.165) is 19.5 Å². The summed E-state index contributed by atoms with van der Waals surface area (Å²) in [5.74, 6) is 0.454. The summed E-state index contributed by atoms with van der Waals surface area (Å²) in [6.45, 7) is 5.63. The van der Waals surface area contributed by atoms with Gasteiger partial charge in [-0.1, -0.05) is 0 Å². The largest absolute Gasteiger partial charge is 0.324 e. The first-order valence-corrected chi connectivity index (χ1v) is 7.98. The van der Waals surface area contributed by atoms with Gasteiger partial charge in [-0.15, -0.1) is 12.4 Å². The minimum atomic E-state index is -1.97. The molecule has 1 saturated heterocycles. The van der Waals surface area contributed by atoms with Crippen molar-refractivity contribution >= 4 is 19.5 Å². The lowest BCUT2D eigenvalue weighted by Crippen LogP contribution is -2.38.